The quantitative estimate of drug-likeness (QED) is 0.725. The minimum absolute atomic E-state index is 0.501. The lowest BCUT2D eigenvalue weighted by Gasteiger charge is -2.23. The first-order valence-electron chi connectivity index (χ1n) is 5.88. The Bertz CT molecular complexity index is 145. The Morgan fingerprint density at radius 3 is 2.86 bits per heavy atom. The van der Waals surface area contributed by atoms with E-state index >= 15 is 0 Å². The number of likely N-dealkylation sites (N-methyl/N-ethyl adjacent to an activating group) is 1. The highest BCUT2D eigenvalue weighted by molar-refractivity contribution is 4.78. The van der Waals surface area contributed by atoms with Crippen molar-refractivity contribution in [2.75, 3.05) is 33.3 Å². The van der Waals surface area contributed by atoms with Crippen LogP contribution in [0, 0.1) is 0 Å². The third kappa shape index (κ3) is 2.94. The first-order valence-corrected chi connectivity index (χ1v) is 5.88. The molecule has 82 valence electrons. The average molecular weight is 198 g/mol. The van der Waals surface area contributed by atoms with Crippen LogP contribution in [-0.4, -0.2) is 50.3 Å². The second kappa shape index (κ2) is 5.10. The lowest BCUT2D eigenvalue weighted by molar-refractivity contribution is 0.0791. The first kappa shape index (κ1) is 10.4. The molecule has 2 aliphatic heterocycles. The first-order chi connectivity index (χ1) is 6.84. The third-order valence-corrected chi connectivity index (χ3v) is 3.23. The van der Waals surface area contributed by atoms with Crippen LogP contribution in [0.5, 0.6) is 0 Å². The zero-order chi connectivity index (χ0) is 9.80. The van der Waals surface area contributed by atoms with Gasteiger partial charge in [-0.25, -0.2) is 0 Å². The summed E-state index contributed by atoms with van der Waals surface area (Å²) in [6.07, 6.45) is 5.69. The summed E-state index contributed by atoms with van der Waals surface area (Å²) in [5.74, 6) is 0. The Morgan fingerprint density at radius 1 is 1.29 bits per heavy atom. The molecular weight excluding hydrogens is 176 g/mol. The molecule has 2 heterocycles. The van der Waals surface area contributed by atoms with Gasteiger partial charge in [-0.05, 0) is 39.3 Å². The van der Waals surface area contributed by atoms with Gasteiger partial charge in [0.25, 0.3) is 0 Å². The van der Waals surface area contributed by atoms with E-state index in [2.05, 4.69) is 17.3 Å². The van der Waals surface area contributed by atoms with Crippen LogP contribution in [0.15, 0.2) is 0 Å². The maximum atomic E-state index is 5.63. The van der Waals surface area contributed by atoms with E-state index in [0.717, 1.165) is 19.2 Å². The molecule has 2 saturated heterocycles. The van der Waals surface area contributed by atoms with Crippen molar-refractivity contribution in [3.8, 4) is 0 Å². The summed E-state index contributed by atoms with van der Waals surface area (Å²) >= 11 is 0. The number of rotatable bonds is 4. The van der Waals surface area contributed by atoms with Crippen LogP contribution in [0.4, 0.5) is 0 Å². The van der Waals surface area contributed by atoms with E-state index in [1.165, 1.54) is 38.8 Å². The molecule has 0 saturated carbocycles. The molecule has 0 spiro atoms. The van der Waals surface area contributed by atoms with Gasteiger partial charge in [-0.1, -0.05) is 0 Å². The van der Waals surface area contributed by atoms with Crippen LogP contribution in [0.2, 0.25) is 0 Å². The summed E-state index contributed by atoms with van der Waals surface area (Å²) < 4.78 is 5.63. The molecule has 2 atom stereocenters. The lowest BCUT2D eigenvalue weighted by atomic mass is 10.2. The van der Waals surface area contributed by atoms with E-state index in [4.69, 9.17) is 4.74 Å². The fourth-order valence-electron chi connectivity index (χ4n) is 2.50. The summed E-state index contributed by atoms with van der Waals surface area (Å²) in [7, 11) is 2.21. The average Bonchev–Trinajstić information content (AvgIpc) is 2.76. The van der Waals surface area contributed by atoms with E-state index in [-0.39, 0.29) is 0 Å². The molecule has 14 heavy (non-hydrogen) atoms. The van der Waals surface area contributed by atoms with Crippen molar-refractivity contribution in [1.82, 2.24) is 10.2 Å². The summed E-state index contributed by atoms with van der Waals surface area (Å²) in [6, 6.07) is 0.724. The molecule has 0 radical (unpaired) electrons. The van der Waals surface area contributed by atoms with Gasteiger partial charge in [0.05, 0.1) is 6.10 Å². The predicted octanol–water partition coefficient (Wildman–Crippen LogP) is 0.849. The Balaban J connectivity index is 1.64. The minimum Gasteiger partial charge on any atom is -0.377 e. The molecule has 3 heteroatoms. The van der Waals surface area contributed by atoms with Gasteiger partial charge in [0.15, 0.2) is 0 Å². The fraction of sp³-hybridized carbons (Fsp3) is 1.00. The summed E-state index contributed by atoms with van der Waals surface area (Å²) in [5.41, 5.74) is 0. The Labute approximate surface area is 86.8 Å². The van der Waals surface area contributed by atoms with E-state index in [1.54, 1.807) is 0 Å². The van der Waals surface area contributed by atoms with Gasteiger partial charge in [0.1, 0.15) is 0 Å². The minimum atomic E-state index is 0.501. The fourth-order valence-corrected chi connectivity index (χ4v) is 2.50. The molecule has 0 aromatic heterocycles. The van der Waals surface area contributed by atoms with Crippen LogP contribution in [0.3, 0.4) is 0 Å². The van der Waals surface area contributed by atoms with Crippen molar-refractivity contribution in [3.05, 3.63) is 0 Å². The molecule has 3 nitrogen and oxygen atoms in total. The standard InChI is InChI=1S/C11H22N2O/c1-13(8-10-4-2-6-12-10)9-11-5-3-7-14-11/h10-12H,2-9H2,1H3. The monoisotopic (exact) mass is 198 g/mol. The molecule has 2 unspecified atom stereocenters. The molecule has 0 aromatic carbocycles. The number of nitrogens with one attached hydrogen (secondary N) is 1. The molecule has 1 N–H and O–H groups in total. The molecule has 0 bridgehead atoms. The Kier molecular flexibility index (Phi) is 3.79. The predicted molar refractivity (Wildman–Crippen MR) is 57.5 cm³/mol. The zero-order valence-corrected chi connectivity index (χ0v) is 9.17. The summed E-state index contributed by atoms with van der Waals surface area (Å²) in [6.45, 7) is 4.47. The number of nitrogens with zero attached hydrogens (tertiary/aromatic N) is 1. The second-order valence-electron chi connectivity index (χ2n) is 4.65. The van der Waals surface area contributed by atoms with Crippen molar-refractivity contribution in [3.63, 3.8) is 0 Å². The van der Waals surface area contributed by atoms with Gasteiger partial charge >= 0.3 is 0 Å². The van der Waals surface area contributed by atoms with Crippen molar-refractivity contribution in [2.45, 2.75) is 37.8 Å². The summed E-state index contributed by atoms with van der Waals surface area (Å²) in [5, 5.41) is 3.53. The highest BCUT2D eigenvalue weighted by Crippen LogP contribution is 2.13. The Hall–Kier alpha value is -0.120. The molecular formula is C11H22N2O. The number of hydrogen-bond donors (Lipinski definition) is 1. The maximum Gasteiger partial charge on any atom is 0.0702 e. The molecule has 2 rings (SSSR count). The highest BCUT2D eigenvalue weighted by atomic mass is 16.5. The topological polar surface area (TPSA) is 24.5 Å². The molecule has 0 amide bonds. The Morgan fingerprint density at radius 2 is 2.21 bits per heavy atom. The second-order valence-corrected chi connectivity index (χ2v) is 4.65. The van der Waals surface area contributed by atoms with Crippen LogP contribution in [-0.2, 0) is 4.74 Å². The van der Waals surface area contributed by atoms with Crippen LogP contribution < -0.4 is 5.32 Å². The van der Waals surface area contributed by atoms with Gasteiger partial charge in [-0.15, -0.1) is 0 Å². The third-order valence-electron chi connectivity index (χ3n) is 3.23. The van der Waals surface area contributed by atoms with Crippen molar-refractivity contribution >= 4 is 0 Å². The van der Waals surface area contributed by atoms with Crippen LogP contribution in [0.25, 0.3) is 0 Å². The molecule has 0 aromatic rings. The lowest BCUT2D eigenvalue weighted by Crippen LogP contribution is -2.38. The van der Waals surface area contributed by atoms with Gasteiger partial charge < -0.3 is 15.0 Å². The summed E-state index contributed by atoms with van der Waals surface area (Å²) in [4.78, 5) is 2.42. The number of hydrogen-bond acceptors (Lipinski definition) is 3. The normalized spacial score (nSPS) is 33.0. The van der Waals surface area contributed by atoms with Gasteiger partial charge in [0, 0.05) is 25.7 Å². The van der Waals surface area contributed by atoms with Gasteiger partial charge in [-0.3, -0.25) is 0 Å². The van der Waals surface area contributed by atoms with Crippen LogP contribution >= 0.6 is 0 Å². The molecule has 0 aliphatic carbocycles. The maximum absolute atomic E-state index is 5.63. The zero-order valence-electron chi connectivity index (χ0n) is 9.17. The highest BCUT2D eigenvalue weighted by Gasteiger charge is 2.20. The van der Waals surface area contributed by atoms with Crippen molar-refractivity contribution < 1.29 is 4.74 Å². The van der Waals surface area contributed by atoms with E-state index in [9.17, 15) is 0 Å². The molecule has 2 aliphatic rings. The van der Waals surface area contributed by atoms with Gasteiger partial charge in [0.2, 0.25) is 0 Å². The van der Waals surface area contributed by atoms with Crippen molar-refractivity contribution in [1.29, 1.82) is 0 Å². The number of ether oxygens (including phenoxy) is 1. The smallest absolute Gasteiger partial charge is 0.0702 e. The van der Waals surface area contributed by atoms with E-state index in [0.29, 0.717) is 6.10 Å². The van der Waals surface area contributed by atoms with E-state index < -0.39 is 0 Å². The molecule has 2 fully saturated rings. The van der Waals surface area contributed by atoms with Crippen LogP contribution in [0.1, 0.15) is 25.7 Å². The van der Waals surface area contributed by atoms with Crippen molar-refractivity contribution in [2.24, 2.45) is 0 Å². The van der Waals surface area contributed by atoms with E-state index in [1.807, 2.05) is 0 Å². The largest absolute Gasteiger partial charge is 0.377 e. The van der Waals surface area contributed by atoms with Gasteiger partial charge in [-0.2, -0.15) is 0 Å². The SMILES string of the molecule is CN(CC1CCCN1)CC1CCCO1.